The molecule has 3 aromatic rings. The maximum absolute atomic E-state index is 12.8. The molecule has 1 fully saturated rings. The highest BCUT2D eigenvalue weighted by atomic mass is 16.5. The van der Waals surface area contributed by atoms with Crippen LogP contribution < -0.4 is 25.8 Å². The minimum absolute atomic E-state index is 0.0955. The smallest absolute Gasteiger partial charge is 0.325 e. The molecule has 0 bridgehead atoms. The van der Waals surface area contributed by atoms with Crippen molar-refractivity contribution in [3.8, 4) is 17.2 Å². The average Bonchev–Trinajstić information content (AvgIpc) is 3.36. The molecule has 4 rings (SSSR count). The summed E-state index contributed by atoms with van der Waals surface area (Å²) in [5.74, 6) is 1.11. The lowest BCUT2D eigenvalue weighted by molar-refractivity contribution is -0.112. The van der Waals surface area contributed by atoms with Crippen LogP contribution >= 0.6 is 0 Å². The molecule has 206 valence electrons. The van der Waals surface area contributed by atoms with E-state index in [-0.39, 0.29) is 30.1 Å². The van der Waals surface area contributed by atoms with Crippen molar-refractivity contribution < 1.29 is 24.2 Å². The maximum Gasteiger partial charge on any atom is 0.325 e. The number of likely N-dealkylation sites (tertiary alicyclic amines) is 1. The molecule has 0 saturated carbocycles. The Morgan fingerprint density at radius 1 is 1.23 bits per heavy atom. The molecule has 2 aromatic heterocycles. The zero-order valence-corrected chi connectivity index (χ0v) is 22.0. The van der Waals surface area contributed by atoms with Crippen LogP contribution in [0.3, 0.4) is 0 Å². The number of amides is 2. The van der Waals surface area contributed by atoms with E-state index in [9.17, 15) is 9.59 Å². The van der Waals surface area contributed by atoms with Crippen molar-refractivity contribution in [2.24, 2.45) is 10.7 Å². The number of pyridine rings is 1. The number of fused-ring (bicyclic) bond motifs is 1. The lowest BCUT2D eigenvalue weighted by Gasteiger charge is -2.29. The summed E-state index contributed by atoms with van der Waals surface area (Å²) in [5.41, 5.74) is 6.59. The Bertz CT molecular complexity index is 1380. The molecule has 39 heavy (non-hydrogen) atoms. The van der Waals surface area contributed by atoms with Crippen LogP contribution in [0.15, 0.2) is 59.5 Å². The standard InChI is InChI=1S/C27H33N7O5/c1-29-27(37)34-10-4-18-13-24(23(38-2)15-22(18)34)39-21-3-7-30-25(14-21)32-26(36)19(16-28)17-31-20-5-8-33(9-6-20)11-12-35/h3-4,7,10,13-17,20,35H,5-6,8-9,11-12,28H2,1-2H3,(H,29,37)(H,30,32,36). The molecule has 12 heteroatoms. The Hall–Kier alpha value is -4.42. The van der Waals surface area contributed by atoms with Gasteiger partial charge in [-0.25, -0.2) is 9.78 Å². The predicted octanol–water partition coefficient (Wildman–Crippen LogP) is 2.33. The second kappa shape index (κ2) is 12.9. The number of aromatic nitrogens is 2. The van der Waals surface area contributed by atoms with Gasteiger partial charge in [0.1, 0.15) is 11.6 Å². The number of hydrogen-bond acceptors (Lipinski definition) is 9. The number of carbonyl (C=O) groups is 2. The number of piperidine rings is 1. The normalized spacial score (nSPS) is 15.0. The summed E-state index contributed by atoms with van der Waals surface area (Å²) >= 11 is 0. The zero-order valence-electron chi connectivity index (χ0n) is 22.0. The van der Waals surface area contributed by atoms with Gasteiger partial charge in [-0.3, -0.25) is 14.4 Å². The number of hydrogen-bond donors (Lipinski definition) is 4. The van der Waals surface area contributed by atoms with E-state index in [1.807, 2.05) is 0 Å². The van der Waals surface area contributed by atoms with Crippen molar-refractivity contribution in [1.82, 2.24) is 19.8 Å². The number of nitrogens with two attached hydrogens (primary N) is 1. The number of ether oxygens (including phenoxy) is 2. The van der Waals surface area contributed by atoms with Crippen molar-refractivity contribution in [3.05, 3.63) is 54.5 Å². The molecule has 12 nitrogen and oxygen atoms in total. The summed E-state index contributed by atoms with van der Waals surface area (Å²) in [5, 5.41) is 15.2. The summed E-state index contributed by atoms with van der Waals surface area (Å²) in [6.45, 7) is 2.51. The first-order valence-electron chi connectivity index (χ1n) is 12.6. The first-order chi connectivity index (χ1) is 18.9. The van der Waals surface area contributed by atoms with Crippen LogP contribution in [0.5, 0.6) is 17.2 Å². The highest BCUT2D eigenvalue weighted by Gasteiger charge is 2.18. The molecular formula is C27H33N7O5. The molecule has 1 aromatic carbocycles. The quantitative estimate of drug-likeness (QED) is 0.240. The van der Waals surface area contributed by atoms with Crippen molar-refractivity contribution in [3.63, 3.8) is 0 Å². The fraction of sp³-hybridized carbons (Fsp3) is 0.333. The number of carbonyl (C=O) groups excluding carboxylic acids is 2. The Morgan fingerprint density at radius 2 is 2.03 bits per heavy atom. The molecule has 0 atom stereocenters. The van der Waals surface area contributed by atoms with E-state index < -0.39 is 5.91 Å². The number of methoxy groups -OCH3 is 1. The largest absolute Gasteiger partial charge is 0.493 e. The van der Waals surface area contributed by atoms with Gasteiger partial charge >= 0.3 is 6.03 Å². The van der Waals surface area contributed by atoms with Gasteiger partial charge in [0.05, 0.1) is 30.8 Å². The molecule has 1 saturated heterocycles. The molecule has 5 N–H and O–H groups in total. The van der Waals surface area contributed by atoms with Gasteiger partial charge in [-0.15, -0.1) is 0 Å². The molecule has 2 amide bonds. The number of nitrogens with zero attached hydrogens (tertiary/aromatic N) is 4. The number of anilines is 1. The van der Waals surface area contributed by atoms with E-state index in [1.165, 1.54) is 30.3 Å². The van der Waals surface area contributed by atoms with Crippen LogP contribution in [0, 0.1) is 0 Å². The van der Waals surface area contributed by atoms with E-state index in [2.05, 4.69) is 25.5 Å². The zero-order chi connectivity index (χ0) is 27.8. The first kappa shape index (κ1) is 27.6. The fourth-order valence-corrected chi connectivity index (χ4v) is 4.33. The van der Waals surface area contributed by atoms with Crippen LogP contribution in [-0.4, -0.2) is 84.2 Å². The van der Waals surface area contributed by atoms with Crippen LogP contribution in [-0.2, 0) is 4.79 Å². The number of rotatable bonds is 9. The molecule has 0 spiro atoms. The second-order valence-corrected chi connectivity index (χ2v) is 8.93. The summed E-state index contributed by atoms with van der Waals surface area (Å²) in [7, 11) is 3.08. The lowest BCUT2D eigenvalue weighted by atomic mass is 10.1. The van der Waals surface area contributed by atoms with Gasteiger partial charge in [0.2, 0.25) is 0 Å². The number of β-amino-alcohol motifs (C(OH)–C–C–N with tert-alkyl or cyclic N) is 1. The number of aliphatic imine (C=N–C) groups is 1. The van der Waals surface area contributed by atoms with E-state index in [4.69, 9.17) is 20.3 Å². The Balaban J connectivity index is 1.43. The molecular weight excluding hydrogens is 502 g/mol. The summed E-state index contributed by atoms with van der Waals surface area (Å²) in [6.07, 6.45) is 7.58. The molecule has 1 aliphatic rings. The highest BCUT2D eigenvalue weighted by Crippen LogP contribution is 2.36. The molecule has 1 aliphatic heterocycles. The number of benzene rings is 1. The summed E-state index contributed by atoms with van der Waals surface area (Å²) in [4.78, 5) is 35.9. The fourth-order valence-electron chi connectivity index (χ4n) is 4.33. The van der Waals surface area contributed by atoms with E-state index >= 15 is 0 Å². The number of aliphatic hydroxyl groups is 1. The minimum atomic E-state index is -0.446. The Kier molecular flexibility index (Phi) is 9.13. The number of aliphatic hydroxyl groups excluding tert-OH is 1. The van der Waals surface area contributed by atoms with Gasteiger partial charge in [0, 0.05) is 69.0 Å². The van der Waals surface area contributed by atoms with Crippen molar-refractivity contribution in [2.75, 3.05) is 45.7 Å². The highest BCUT2D eigenvalue weighted by molar-refractivity contribution is 6.17. The molecule has 0 radical (unpaired) electrons. The Labute approximate surface area is 226 Å². The van der Waals surface area contributed by atoms with E-state index in [0.717, 1.165) is 31.3 Å². The SMILES string of the molecule is CNC(=O)n1ccc2cc(Oc3ccnc(NC(=O)C(C=NC4CCN(CCO)CC4)=CN)c3)c(OC)cc21. The topological polar surface area (TPSA) is 156 Å². The van der Waals surface area contributed by atoms with Gasteiger partial charge in [0.15, 0.2) is 11.5 Å². The third-order valence-corrected chi connectivity index (χ3v) is 6.45. The number of nitrogens with one attached hydrogen (secondary N) is 2. The van der Waals surface area contributed by atoms with Gasteiger partial charge in [-0.05, 0) is 31.0 Å². The van der Waals surface area contributed by atoms with Gasteiger partial charge in [0.25, 0.3) is 5.91 Å². The van der Waals surface area contributed by atoms with E-state index in [0.29, 0.717) is 29.3 Å². The Morgan fingerprint density at radius 3 is 2.72 bits per heavy atom. The van der Waals surface area contributed by atoms with Crippen molar-refractivity contribution >= 4 is 34.9 Å². The van der Waals surface area contributed by atoms with Gasteiger partial charge in [-0.1, -0.05) is 0 Å². The van der Waals surface area contributed by atoms with Crippen LogP contribution in [0.4, 0.5) is 10.6 Å². The van der Waals surface area contributed by atoms with Gasteiger partial charge in [-0.2, -0.15) is 0 Å². The van der Waals surface area contributed by atoms with Crippen molar-refractivity contribution in [1.29, 1.82) is 0 Å². The monoisotopic (exact) mass is 535 g/mol. The maximum atomic E-state index is 12.8. The predicted molar refractivity (Wildman–Crippen MR) is 149 cm³/mol. The summed E-state index contributed by atoms with van der Waals surface area (Å²) in [6, 6.07) is 8.35. The first-order valence-corrected chi connectivity index (χ1v) is 12.6. The second-order valence-electron chi connectivity index (χ2n) is 8.93. The van der Waals surface area contributed by atoms with Gasteiger partial charge < -0.3 is 35.8 Å². The van der Waals surface area contributed by atoms with Crippen LogP contribution in [0.1, 0.15) is 12.8 Å². The van der Waals surface area contributed by atoms with Crippen LogP contribution in [0.2, 0.25) is 0 Å². The molecule has 0 unspecified atom stereocenters. The van der Waals surface area contributed by atoms with Crippen LogP contribution in [0.25, 0.3) is 10.9 Å². The average molecular weight is 536 g/mol. The third-order valence-electron chi connectivity index (χ3n) is 6.45. The third kappa shape index (κ3) is 6.72. The van der Waals surface area contributed by atoms with Crippen molar-refractivity contribution in [2.45, 2.75) is 18.9 Å². The lowest BCUT2D eigenvalue weighted by Crippen LogP contribution is -2.37. The summed E-state index contributed by atoms with van der Waals surface area (Å²) < 4.78 is 13.0. The minimum Gasteiger partial charge on any atom is -0.493 e. The molecule has 3 heterocycles. The molecule has 0 aliphatic carbocycles. The van der Waals surface area contributed by atoms with E-state index in [1.54, 1.807) is 43.6 Å².